The van der Waals surface area contributed by atoms with Crippen LogP contribution in [0.5, 0.6) is 0 Å². The molecule has 0 aliphatic carbocycles. The number of allylic oxidation sites excluding steroid dienone is 1. The molecule has 1 N–H and O–H groups in total. The largest absolute Gasteiger partial charge is 0.360 e. The van der Waals surface area contributed by atoms with Crippen molar-refractivity contribution in [2.24, 2.45) is 0 Å². The molecule has 1 heterocycles. The summed E-state index contributed by atoms with van der Waals surface area (Å²) in [5.41, 5.74) is 4.88. The molecule has 2 rings (SSSR count). The average Bonchev–Trinajstić information content (AvgIpc) is 2.79. The number of thiazole rings is 1. The van der Waals surface area contributed by atoms with Gasteiger partial charge in [-0.1, -0.05) is 17.7 Å². The summed E-state index contributed by atoms with van der Waals surface area (Å²) in [6.07, 6.45) is 1.72. The molecule has 4 heteroatoms. The van der Waals surface area contributed by atoms with Gasteiger partial charge in [0.05, 0.1) is 0 Å². The summed E-state index contributed by atoms with van der Waals surface area (Å²) in [6.45, 7) is 6.03. The van der Waals surface area contributed by atoms with E-state index in [9.17, 15) is 5.26 Å². The van der Waals surface area contributed by atoms with E-state index in [1.165, 1.54) is 16.9 Å². The van der Waals surface area contributed by atoms with E-state index in [0.717, 1.165) is 22.0 Å². The minimum atomic E-state index is 0.554. The van der Waals surface area contributed by atoms with Gasteiger partial charge in [-0.3, -0.25) is 0 Å². The van der Waals surface area contributed by atoms with Gasteiger partial charge in [0.1, 0.15) is 16.6 Å². The maximum absolute atomic E-state index is 9.19. The Kier molecular flexibility index (Phi) is 3.98. The predicted octanol–water partition coefficient (Wildman–Crippen LogP) is 4.04. The van der Waals surface area contributed by atoms with E-state index in [1.54, 1.807) is 6.20 Å². The molecule has 2 aromatic rings. The fourth-order valence-corrected chi connectivity index (χ4v) is 2.51. The van der Waals surface area contributed by atoms with Crippen molar-refractivity contribution >= 4 is 22.6 Å². The number of aromatic nitrogens is 1. The first-order valence-corrected chi connectivity index (χ1v) is 6.84. The topological polar surface area (TPSA) is 48.7 Å². The number of aryl methyl sites for hydroxylation is 3. The van der Waals surface area contributed by atoms with E-state index in [1.807, 2.05) is 31.4 Å². The SMILES string of the molecule is Cc1ccc(N/C=C(\C#N)c2nc(C)cs2)c(C)c1. The van der Waals surface area contributed by atoms with Gasteiger partial charge in [0.25, 0.3) is 0 Å². The van der Waals surface area contributed by atoms with Gasteiger partial charge in [-0.2, -0.15) is 5.26 Å². The molecular weight excluding hydrogens is 254 g/mol. The molecule has 0 aliphatic heterocycles. The summed E-state index contributed by atoms with van der Waals surface area (Å²) in [6, 6.07) is 8.35. The summed E-state index contributed by atoms with van der Waals surface area (Å²) in [7, 11) is 0. The Morgan fingerprint density at radius 3 is 2.74 bits per heavy atom. The Morgan fingerprint density at radius 2 is 2.16 bits per heavy atom. The van der Waals surface area contributed by atoms with Gasteiger partial charge in [-0.25, -0.2) is 4.98 Å². The lowest BCUT2D eigenvalue weighted by molar-refractivity contribution is 1.24. The molecule has 3 nitrogen and oxygen atoms in total. The number of nitrogens with one attached hydrogen (secondary N) is 1. The van der Waals surface area contributed by atoms with Gasteiger partial charge in [0, 0.05) is 23.0 Å². The molecule has 19 heavy (non-hydrogen) atoms. The van der Waals surface area contributed by atoms with Crippen molar-refractivity contribution in [3.8, 4) is 6.07 Å². The van der Waals surface area contributed by atoms with Crippen LogP contribution in [0.4, 0.5) is 5.69 Å². The number of anilines is 1. The number of rotatable bonds is 3. The Labute approximate surface area is 117 Å². The van der Waals surface area contributed by atoms with E-state index in [4.69, 9.17) is 0 Å². The first-order chi connectivity index (χ1) is 9.10. The van der Waals surface area contributed by atoms with Crippen molar-refractivity contribution in [2.45, 2.75) is 20.8 Å². The standard InChI is InChI=1S/C15H15N3S/c1-10-4-5-14(11(2)6-10)17-8-13(7-16)15-18-12(3)9-19-15/h4-6,8-9,17H,1-3H3/b13-8+. The third-order valence-corrected chi connectivity index (χ3v) is 3.72. The van der Waals surface area contributed by atoms with Crippen molar-refractivity contribution in [1.82, 2.24) is 4.98 Å². The van der Waals surface area contributed by atoms with Crippen LogP contribution in [0.1, 0.15) is 21.8 Å². The lowest BCUT2D eigenvalue weighted by atomic mass is 10.1. The number of benzene rings is 1. The van der Waals surface area contributed by atoms with Crippen LogP contribution in [0.25, 0.3) is 5.57 Å². The number of hydrogen-bond acceptors (Lipinski definition) is 4. The summed E-state index contributed by atoms with van der Waals surface area (Å²) in [5.74, 6) is 0. The second-order valence-corrected chi connectivity index (χ2v) is 5.28. The predicted molar refractivity (Wildman–Crippen MR) is 80.0 cm³/mol. The normalized spacial score (nSPS) is 11.2. The molecule has 0 radical (unpaired) electrons. The first-order valence-electron chi connectivity index (χ1n) is 5.96. The van der Waals surface area contributed by atoms with Crippen LogP contribution in [0.15, 0.2) is 29.8 Å². The highest BCUT2D eigenvalue weighted by Crippen LogP contribution is 2.20. The third kappa shape index (κ3) is 3.21. The zero-order valence-corrected chi connectivity index (χ0v) is 12.0. The molecular formula is C15H15N3S. The van der Waals surface area contributed by atoms with Crippen LogP contribution in [-0.4, -0.2) is 4.98 Å². The Bertz CT molecular complexity index is 662. The van der Waals surface area contributed by atoms with Crippen LogP contribution in [0.3, 0.4) is 0 Å². The number of nitrogens with zero attached hydrogens (tertiary/aromatic N) is 2. The molecule has 0 fully saturated rings. The van der Waals surface area contributed by atoms with Crippen LogP contribution in [0, 0.1) is 32.1 Å². The third-order valence-electron chi connectivity index (χ3n) is 2.72. The van der Waals surface area contributed by atoms with E-state index in [-0.39, 0.29) is 0 Å². The highest BCUT2D eigenvalue weighted by Gasteiger charge is 2.05. The maximum Gasteiger partial charge on any atom is 0.135 e. The highest BCUT2D eigenvalue weighted by molar-refractivity contribution is 7.10. The summed E-state index contributed by atoms with van der Waals surface area (Å²) >= 11 is 1.48. The van der Waals surface area contributed by atoms with Gasteiger partial charge < -0.3 is 5.32 Å². The summed E-state index contributed by atoms with van der Waals surface area (Å²) < 4.78 is 0. The Morgan fingerprint density at radius 1 is 1.37 bits per heavy atom. The lowest BCUT2D eigenvalue weighted by Gasteiger charge is -2.06. The first kappa shape index (κ1) is 13.3. The Balaban J connectivity index is 2.23. The lowest BCUT2D eigenvalue weighted by Crippen LogP contribution is -1.94. The average molecular weight is 269 g/mol. The molecule has 0 spiro atoms. The van der Waals surface area contributed by atoms with Crippen molar-refractivity contribution in [3.05, 3.63) is 51.6 Å². The van der Waals surface area contributed by atoms with Crippen LogP contribution in [0.2, 0.25) is 0 Å². The van der Waals surface area contributed by atoms with Crippen LogP contribution >= 0.6 is 11.3 Å². The summed E-state index contributed by atoms with van der Waals surface area (Å²) in [5, 5.41) is 15.1. The van der Waals surface area contributed by atoms with E-state index in [2.05, 4.69) is 29.4 Å². The van der Waals surface area contributed by atoms with Gasteiger partial charge >= 0.3 is 0 Å². The molecule has 0 aliphatic rings. The van der Waals surface area contributed by atoms with Gasteiger partial charge in [-0.15, -0.1) is 11.3 Å². The van der Waals surface area contributed by atoms with Crippen LogP contribution < -0.4 is 5.32 Å². The molecule has 1 aromatic carbocycles. The molecule has 0 saturated heterocycles. The smallest absolute Gasteiger partial charge is 0.135 e. The highest BCUT2D eigenvalue weighted by atomic mass is 32.1. The monoisotopic (exact) mass is 269 g/mol. The van der Waals surface area contributed by atoms with Gasteiger partial charge in [-0.05, 0) is 32.4 Å². The molecule has 0 bridgehead atoms. The van der Waals surface area contributed by atoms with Crippen molar-refractivity contribution < 1.29 is 0 Å². The second-order valence-electron chi connectivity index (χ2n) is 4.43. The fraction of sp³-hybridized carbons (Fsp3) is 0.200. The number of nitriles is 1. The van der Waals surface area contributed by atoms with E-state index < -0.39 is 0 Å². The second kappa shape index (κ2) is 5.68. The van der Waals surface area contributed by atoms with Gasteiger partial charge in [0.2, 0.25) is 0 Å². The fourth-order valence-electron chi connectivity index (χ4n) is 1.74. The molecule has 1 aromatic heterocycles. The van der Waals surface area contributed by atoms with Gasteiger partial charge in [0.15, 0.2) is 0 Å². The van der Waals surface area contributed by atoms with Crippen molar-refractivity contribution in [2.75, 3.05) is 5.32 Å². The zero-order chi connectivity index (χ0) is 13.8. The van der Waals surface area contributed by atoms with E-state index in [0.29, 0.717) is 5.57 Å². The van der Waals surface area contributed by atoms with Crippen molar-refractivity contribution in [3.63, 3.8) is 0 Å². The zero-order valence-electron chi connectivity index (χ0n) is 11.2. The molecule has 0 amide bonds. The molecule has 0 atom stereocenters. The molecule has 96 valence electrons. The maximum atomic E-state index is 9.19. The summed E-state index contributed by atoms with van der Waals surface area (Å²) in [4.78, 5) is 4.32. The van der Waals surface area contributed by atoms with Crippen LogP contribution in [-0.2, 0) is 0 Å². The van der Waals surface area contributed by atoms with E-state index >= 15 is 0 Å². The molecule has 0 saturated carbocycles. The number of hydrogen-bond donors (Lipinski definition) is 1. The quantitative estimate of drug-likeness (QED) is 0.855. The minimum absolute atomic E-state index is 0.554. The minimum Gasteiger partial charge on any atom is -0.360 e. The van der Waals surface area contributed by atoms with Crippen molar-refractivity contribution in [1.29, 1.82) is 5.26 Å². The molecule has 0 unspecified atom stereocenters. The Hall–Kier alpha value is -2.12.